The molecule has 0 spiro atoms. The Morgan fingerprint density at radius 3 is 2.71 bits per heavy atom. The van der Waals surface area contributed by atoms with Gasteiger partial charge in [0.15, 0.2) is 0 Å². The van der Waals surface area contributed by atoms with E-state index in [1.54, 1.807) is 12.1 Å². The molecule has 0 bridgehead atoms. The fourth-order valence-corrected chi connectivity index (χ4v) is 2.19. The second-order valence-corrected chi connectivity index (χ2v) is 4.05. The first-order valence-corrected chi connectivity index (χ1v) is 5.41. The lowest BCUT2D eigenvalue weighted by Gasteiger charge is -2.11. The van der Waals surface area contributed by atoms with Crippen molar-refractivity contribution in [2.45, 2.75) is 6.04 Å². The second kappa shape index (κ2) is 3.70. The molecule has 1 aliphatic heterocycles. The monoisotopic (exact) mass is 227 g/mol. The van der Waals surface area contributed by atoms with Crippen LogP contribution in [-0.4, -0.2) is 5.91 Å². The molecule has 17 heavy (non-hydrogen) atoms. The molecule has 1 aliphatic rings. The molecule has 0 saturated carbocycles. The van der Waals surface area contributed by atoms with E-state index in [-0.39, 0.29) is 17.8 Å². The van der Waals surface area contributed by atoms with Crippen LogP contribution < -0.4 is 5.32 Å². The molecule has 2 nitrogen and oxygen atoms in total. The second-order valence-electron chi connectivity index (χ2n) is 4.05. The van der Waals surface area contributed by atoms with Crippen molar-refractivity contribution < 1.29 is 9.18 Å². The van der Waals surface area contributed by atoms with Gasteiger partial charge in [-0.1, -0.05) is 30.3 Å². The summed E-state index contributed by atoms with van der Waals surface area (Å²) >= 11 is 0. The Morgan fingerprint density at radius 1 is 1.06 bits per heavy atom. The van der Waals surface area contributed by atoms with Crippen molar-refractivity contribution >= 4 is 5.91 Å². The minimum absolute atomic E-state index is 0.102. The van der Waals surface area contributed by atoms with Crippen molar-refractivity contribution in [1.29, 1.82) is 0 Å². The first-order valence-electron chi connectivity index (χ1n) is 5.41. The third kappa shape index (κ3) is 1.60. The molecule has 0 aromatic heterocycles. The molecule has 84 valence electrons. The fraction of sp³-hybridized carbons (Fsp3) is 0.0714. The Bertz CT molecular complexity index is 594. The van der Waals surface area contributed by atoms with Gasteiger partial charge in [-0.15, -0.1) is 0 Å². The molecule has 1 atom stereocenters. The van der Waals surface area contributed by atoms with E-state index in [1.165, 1.54) is 12.1 Å². The number of benzene rings is 2. The molecule has 1 amide bonds. The highest BCUT2D eigenvalue weighted by molar-refractivity contribution is 5.99. The van der Waals surface area contributed by atoms with E-state index in [0.717, 1.165) is 11.1 Å². The number of amides is 1. The van der Waals surface area contributed by atoms with E-state index >= 15 is 0 Å². The topological polar surface area (TPSA) is 29.1 Å². The number of nitrogens with one attached hydrogen (secondary N) is 1. The van der Waals surface area contributed by atoms with E-state index in [1.807, 2.05) is 24.3 Å². The summed E-state index contributed by atoms with van der Waals surface area (Å²) in [5.74, 6) is -0.393. The summed E-state index contributed by atoms with van der Waals surface area (Å²) in [7, 11) is 0. The van der Waals surface area contributed by atoms with Crippen LogP contribution in [0.1, 0.15) is 27.5 Å². The van der Waals surface area contributed by atoms with Crippen LogP contribution in [0, 0.1) is 5.82 Å². The summed E-state index contributed by atoms with van der Waals surface area (Å²) < 4.78 is 13.2. The van der Waals surface area contributed by atoms with Gasteiger partial charge in [-0.2, -0.15) is 0 Å². The zero-order valence-corrected chi connectivity index (χ0v) is 8.98. The molecule has 1 unspecified atom stereocenters. The van der Waals surface area contributed by atoms with E-state index in [4.69, 9.17) is 0 Å². The zero-order valence-electron chi connectivity index (χ0n) is 8.98. The minimum Gasteiger partial charge on any atom is -0.341 e. The molecular weight excluding hydrogens is 217 g/mol. The van der Waals surface area contributed by atoms with E-state index in [0.29, 0.717) is 5.56 Å². The Hall–Kier alpha value is -2.16. The molecule has 2 aromatic rings. The molecule has 0 radical (unpaired) electrons. The Balaban J connectivity index is 2.10. The largest absolute Gasteiger partial charge is 0.341 e. The van der Waals surface area contributed by atoms with Gasteiger partial charge >= 0.3 is 0 Å². The van der Waals surface area contributed by atoms with Crippen LogP contribution in [0.2, 0.25) is 0 Å². The number of carbonyl (C=O) groups excluding carboxylic acids is 1. The van der Waals surface area contributed by atoms with Gasteiger partial charge in [-0.3, -0.25) is 4.79 Å². The summed E-state index contributed by atoms with van der Waals surface area (Å²) in [6, 6.07) is 13.5. The normalized spacial score (nSPS) is 17.7. The quantitative estimate of drug-likeness (QED) is 0.797. The van der Waals surface area contributed by atoms with Crippen molar-refractivity contribution in [3.05, 3.63) is 71.0 Å². The molecular formula is C14H10FNO. The Labute approximate surface area is 98.1 Å². The van der Waals surface area contributed by atoms with Gasteiger partial charge in [-0.25, -0.2) is 4.39 Å². The SMILES string of the molecule is O=C1NC(c2cccc(F)c2)c2ccccc21. The number of carbonyl (C=O) groups is 1. The van der Waals surface area contributed by atoms with Crippen molar-refractivity contribution in [1.82, 2.24) is 5.32 Å². The van der Waals surface area contributed by atoms with Crippen LogP contribution in [-0.2, 0) is 0 Å². The van der Waals surface area contributed by atoms with E-state index in [9.17, 15) is 9.18 Å². The highest BCUT2D eigenvalue weighted by Gasteiger charge is 2.28. The minimum atomic E-state index is -0.291. The highest BCUT2D eigenvalue weighted by atomic mass is 19.1. The van der Waals surface area contributed by atoms with Crippen LogP contribution in [0.3, 0.4) is 0 Å². The summed E-state index contributed by atoms with van der Waals surface area (Å²) in [5, 5.41) is 2.86. The maximum atomic E-state index is 13.2. The van der Waals surface area contributed by atoms with Gasteiger partial charge in [0.2, 0.25) is 0 Å². The number of rotatable bonds is 1. The third-order valence-electron chi connectivity index (χ3n) is 2.97. The standard InChI is InChI=1S/C14H10FNO/c15-10-5-3-4-9(8-10)13-11-6-1-2-7-12(11)14(17)16-13/h1-8,13H,(H,16,17). The highest BCUT2D eigenvalue weighted by Crippen LogP contribution is 2.30. The molecule has 0 saturated heterocycles. The first-order chi connectivity index (χ1) is 8.25. The fourth-order valence-electron chi connectivity index (χ4n) is 2.19. The average molecular weight is 227 g/mol. The number of halogens is 1. The molecule has 0 fully saturated rings. The van der Waals surface area contributed by atoms with Gasteiger partial charge < -0.3 is 5.32 Å². The maximum Gasteiger partial charge on any atom is 0.252 e. The van der Waals surface area contributed by atoms with E-state index < -0.39 is 0 Å². The summed E-state index contributed by atoms with van der Waals surface area (Å²) in [5.41, 5.74) is 2.34. The number of fused-ring (bicyclic) bond motifs is 1. The third-order valence-corrected chi connectivity index (χ3v) is 2.97. The number of hydrogen-bond acceptors (Lipinski definition) is 1. The van der Waals surface area contributed by atoms with Crippen LogP contribution in [0.5, 0.6) is 0 Å². The molecule has 0 aliphatic carbocycles. The van der Waals surface area contributed by atoms with Gasteiger partial charge in [0.25, 0.3) is 5.91 Å². The summed E-state index contributed by atoms with van der Waals surface area (Å²) in [6.07, 6.45) is 0. The summed E-state index contributed by atoms with van der Waals surface area (Å²) in [6.45, 7) is 0. The lowest BCUT2D eigenvalue weighted by atomic mass is 9.98. The van der Waals surface area contributed by atoms with Crippen molar-refractivity contribution in [3.8, 4) is 0 Å². The lowest BCUT2D eigenvalue weighted by molar-refractivity contribution is 0.0960. The van der Waals surface area contributed by atoms with Gasteiger partial charge in [0.05, 0.1) is 6.04 Å². The molecule has 2 aromatic carbocycles. The summed E-state index contributed by atoms with van der Waals surface area (Å²) in [4.78, 5) is 11.7. The van der Waals surface area contributed by atoms with E-state index in [2.05, 4.69) is 5.32 Å². The Morgan fingerprint density at radius 2 is 1.88 bits per heavy atom. The van der Waals surface area contributed by atoms with Crippen molar-refractivity contribution in [2.75, 3.05) is 0 Å². The van der Waals surface area contributed by atoms with Crippen LogP contribution in [0.15, 0.2) is 48.5 Å². The number of hydrogen-bond donors (Lipinski definition) is 1. The first kappa shape index (κ1) is 10.0. The van der Waals surface area contributed by atoms with Gasteiger partial charge in [0.1, 0.15) is 5.82 Å². The molecule has 3 heteroatoms. The lowest BCUT2D eigenvalue weighted by Crippen LogP contribution is -2.19. The molecule has 1 N–H and O–H groups in total. The van der Waals surface area contributed by atoms with Gasteiger partial charge in [0, 0.05) is 5.56 Å². The van der Waals surface area contributed by atoms with Crippen molar-refractivity contribution in [2.24, 2.45) is 0 Å². The van der Waals surface area contributed by atoms with Crippen LogP contribution in [0.4, 0.5) is 4.39 Å². The van der Waals surface area contributed by atoms with Crippen LogP contribution in [0.25, 0.3) is 0 Å². The van der Waals surface area contributed by atoms with Gasteiger partial charge in [-0.05, 0) is 29.3 Å². The van der Waals surface area contributed by atoms with Crippen LogP contribution >= 0.6 is 0 Å². The predicted octanol–water partition coefficient (Wildman–Crippen LogP) is 2.66. The smallest absolute Gasteiger partial charge is 0.252 e. The molecule has 1 heterocycles. The predicted molar refractivity (Wildman–Crippen MR) is 62.2 cm³/mol. The average Bonchev–Trinajstić information content (AvgIpc) is 2.68. The Kier molecular flexibility index (Phi) is 2.18. The van der Waals surface area contributed by atoms with Crippen molar-refractivity contribution in [3.63, 3.8) is 0 Å². The maximum absolute atomic E-state index is 13.2. The zero-order chi connectivity index (χ0) is 11.8. The molecule has 3 rings (SSSR count).